The van der Waals surface area contributed by atoms with Gasteiger partial charge in [-0.25, -0.2) is 4.98 Å². The molecule has 9 nitrogen and oxygen atoms in total. The van der Waals surface area contributed by atoms with Gasteiger partial charge in [0.15, 0.2) is 6.10 Å². The van der Waals surface area contributed by atoms with Crippen molar-refractivity contribution < 1.29 is 23.7 Å². The van der Waals surface area contributed by atoms with Crippen molar-refractivity contribution in [1.29, 1.82) is 0 Å². The van der Waals surface area contributed by atoms with Gasteiger partial charge in [0, 0.05) is 19.2 Å². The molecule has 1 fully saturated rings. The van der Waals surface area contributed by atoms with E-state index in [1.165, 1.54) is 0 Å². The molecule has 1 aliphatic heterocycles. The summed E-state index contributed by atoms with van der Waals surface area (Å²) in [4.78, 5) is 23.2. The van der Waals surface area contributed by atoms with Crippen LogP contribution in [0.5, 0.6) is 17.4 Å². The standard InChI is InChI=1S/C21H28N4O5/c1-15(30-18-6-4-17(27-3)5-7-18)21(26)22-8-11-29-20-14-19(23-16(2)24-20)25-9-12-28-13-10-25/h4-7,14-15H,8-13H2,1-3H3,(H,22,26). The number of aromatic nitrogens is 2. The molecule has 0 bridgehead atoms. The number of carbonyl (C=O) groups is 1. The molecule has 1 unspecified atom stereocenters. The van der Waals surface area contributed by atoms with Gasteiger partial charge in [0.1, 0.15) is 29.7 Å². The van der Waals surface area contributed by atoms with E-state index in [1.54, 1.807) is 38.3 Å². The smallest absolute Gasteiger partial charge is 0.260 e. The maximum absolute atomic E-state index is 12.2. The number of nitrogens with zero attached hydrogens (tertiary/aromatic N) is 3. The summed E-state index contributed by atoms with van der Waals surface area (Å²) in [6.07, 6.45) is -0.632. The summed E-state index contributed by atoms with van der Waals surface area (Å²) in [7, 11) is 1.60. The molecule has 1 amide bonds. The molecule has 2 aromatic rings. The molecule has 1 saturated heterocycles. The van der Waals surface area contributed by atoms with E-state index in [2.05, 4.69) is 20.2 Å². The second-order valence-electron chi connectivity index (χ2n) is 6.79. The van der Waals surface area contributed by atoms with Crippen molar-refractivity contribution in [2.45, 2.75) is 20.0 Å². The minimum atomic E-state index is -0.632. The zero-order chi connectivity index (χ0) is 21.3. The molecule has 1 atom stereocenters. The molecule has 1 N–H and O–H groups in total. The lowest BCUT2D eigenvalue weighted by molar-refractivity contribution is -0.127. The van der Waals surface area contributed by atoms with Crippen LogP contribution in [0.2, 0.25) is 0 Å². The van der Waals surface area contributed by atoms with E-state index in [0.29, 0.717) is 43.8 Å². The van der Waals surface area contributed by atoms with Crippen LogP contribution in [0.3, 0.4) is 0 Å². The Balaban J connectivity index is 1.43. The van der Waals surface area contributed by atoms with Gasteiger partial charge in [-0.05, 0) is 38.1 Å². The molecule has 0 saturated carbocycles. The normalized spacial score (nSPS) is 14.7. The van der Waals surface area contributed by atoms with Crippen molar-refractivity contribution in [1.82, 2.24) is 15.3 Å². The van der Waals surface area contributed by atoms with Gasteiger partial charge in [-0.2, -0.15) is 4.98 Å². The number of methoxy groups -OCH3 is 1. The lowest BCUT2D eigenvalue weighted by Gasteiger charge is -2.28. The molecule has 1 aliphatic rings. The van der Waals surface area contributed by atoms with Gasteiger partial charge < -0.3 is 29.2 Å². The molecule has 0 aliphatic carbocycles. The highest BCUT2D eigenvalue weighted by Crippen LogP contribution is 2.19. The SMILES string of the molecule is COc1ccc(OC(C)C(=O)NCCOc2cc(N3CCOCC3)nc(C)n2)cc1. The predicted octanol–water partition coefficient (Wildman–Crippen LogP) is 1.59. The number of hydrogen-bond donors (Lipinski definition) is 1. The average molecular weight is 416 g/mol. The van der Waals surface area contributed by atoms with Gasteiger partial charge in [0.2, 0.25) is 5.88 Å². The molecule has 0 spiro atoms. The number of aryl methyl sites for hydroxylation is 1. The third-order valence-corrected chi connectivity index (χ3v) is 4.53. The highest BCUT2D eigenvalue weighted by Gasteiger charge is 2.16. The topological polar surface area (TPSA) is 95.0 Å². The van der Waals surface area contributed by atoms with Crippen molar-refractivity contribution in [2.75, 3.05) is 51.5 Å². The summed E-state index contributed by atoms with van der Waals surface area (Å²) < 4.78 is 21.8. The zero-order valence-electron chi connectivity index (χ0n) is 17.6. The number of carbonyl (C=O) groups excluding carboxylic acids is 1. The fourth-order valence-electron chi connectivity index (χ4n) is 2.94. The quantitative estimate of drug-likeness (QED) is 0.616. The van der Waals surface area contributed by atoms with Crippen molar-refractivity contribution in [3.05, 3.63) is 36.2 Å². The fourth-order valence-corrected chi connectivity index (χ4v) is 2.94. The highest BCUT2D eigenvalue weighted by molar-refractivity contribution is 5.80. The van der Waals surface area contributed by atoms with Gasteiger partial charge in [-0.3, -0.25) is 4.79 Å². The Morgan fingerprint density at radius 3 is 2.60 bits per heavy atom. The average Bonchev–Trinajstić information content (AvgIpc) is 2.77. The van der Waals surface area contributed by atoms with Crippen LogP contribution < -0.4 is 24.4 Å². The second kappa shape index (κ2) is 10.6. The Morgan fingerprint density at radius 2 is 1.90 bits per heavy atom. The Kier molecular flexibility index (Phi) is 7.67. The van der Waals surface area contributed by atoms with Gasteiger partial charge in [0.25, 0.3) is 5.91 Å². The number of ether oxygens (including phenoxy) is 4. The summed E-state index contributed by atoms with van der Waals surface area (Å²) in [6.45, 7) is 7.10. The van der Waals surface area contributed by atoms with E-state index < -0.39 is 6.10 Å². The summed E-state index contributed by atoms with van der Waals surface area (Å²) >= 11 is 0. The van der Waals surface area contributed by atoms with E-state index in [9.17, 15) is 4.79 Å². The monoisotopic (exact) mass is 416 g/mol. The van der Waals surface area contributed by atoms with E-state index in [-0.39, 0.29) is 5.91 Å². The Labute approximate surface area is 176 Å². The van der Waals surface area contributed by atoms with Crippen LogP contribution in [0.15, 0.2) is 30.3 Å². The Morgan fingerprint density at radius 1 is 1.20 bits per heavy atom. The number of hydrogen-bond acceptors (Lipinski definition) is 8. The van der Waals surface area contributed by atoms with E-state index >= 15 is 0 Å². The maximum Gasteiger partial charge on any atom is 0.260 e. The molecule has 30 heavy (non-hydrogen) atoms. The largest absolute Gasteiger partial charge is 0.497 e. The van der Waals surface area contributed by atoms with Crippen molar-refractivity contribution in [2.24, 2.45) is 0 Å². The molecule has 3 rings (SSSR count). The minimum absolute atomic E-state index is 0.220. The Bertz CT molecular complexity index is 825. The number of nitrogens with one attached hydrogen (secondary N) is 1. The first kappa shape index (κ1) is 21.6. The van der Waals surface area contributed by atoms with Crippen molar-refractivity contribution in [3.8, 4) is 17.4 Å². The van der Waals surface area contributed by atoms with Gasteiger partial charge in [-0.1, -0.05) is 0 Å². The first-order valence-electron chi connectivity index (χ1n) is 9.95. The number of morpholine rings is 1. The third-order valence-electron chi connectivity index (χ3n) is 4.53. The summed E-state index contributed by atoms with van der Waals surface area (Å²) in [5.74, 6) is 3.06. The summed E-state index contributed by atoms with van der Waals surface area (Å²) in [5, 5.41) is 2.80. The highest BCUT2D eigenvalue weighted by atomic mass is 16.5. The van der Waals surface area contributed by atoms with Crippen LogP contribution in [0, 0.1) is 6.92 Å². The summed E-state index contributed by atoms with van der Waals surface area (Å²) in [6, 6.07) is 8.89. The first-order chi connectivity index (χ1) is 14.5. The number of benzene rings is 1. The van der Waals surface area contributed by atoms with Crippen LogP contribution in [-0.4, -0.2) is 68.5 Å². The van der Waals surface area contributed by atoms with E-state index in [1.807, 2.05) is 13.0 Å². The van der Waals surface area contributed by atoms with Crippen LogP contribution in [0.4, 0.5) is 5.82 Å². The summed E-state index contributed by atoms with van der Waals surface area (Å²) in [5.41, 5.74) is 0. The molecular weight excluding hydrogens is 388 g/mol. The number of rotatable bonds is 9. The van der Waals surface area contributed by atoms with Crippen LogP contribution in [0.25, 0.3) is 0 Å². The second-order valence-corrected chi connectivity index (χ2v) is 6.79. The lowest BCUT2D eigenvalue weighted by atomic mass is 10.3. The molecule has 1 aromatic heterocycles. The van der Waals surface area contributed by atoms with Gasteiger partial charge in [0.05, 0.1) is 26.9 Å². The zero-order valence-corrected chi connectivity index (χ0v) is 17.6. The van der Waals surface area contributed by atoms with Gasteiger partial charge >= 0.3 is 0 Å². The number of anilines is 1. The van der Waals surface area contributed by atoms with Crippen molar-refractivity contribution in [3.63, 3.8) is 0 Å². The molecule has 9 heteroatoms. The van der Waals surface area contributed by atoms with Crippen molar-refractivity contribution >= 4 is 11.7 Å². The molecule has 162 valence electrons. The van der Waals surface area contributed by atoms with Gasteiger partial charge in [-0.15, -0.1) is 0 Å². The maximum atomic E-state index is 12.2. The first-order valence-corrected chi connectivity index (χ1v) is 9.95. The molecule has 1 aromatic carbocycles. The van der Waals surface area contributed by atoms with E-state index in [0.717, 1.165) is 24.7 Å². The molecular formula is C21H28N4O5. The van der Waals surface area contributed by atoms with Crippen LogP contribution in [0.1, 0.15) is 12.7 Å². The third kappa shape index (κ3) is 6.21. The minimum Gasteiger partial charge on any atom is -0.497 e. The predicted molar refractivity (Wildman–Crippen MR) is 111 cm³/mol. The van der Waals surface area contributed by atoms with E-state index in [4.69, 9.17) is 18.9 Å². The molecule has 2 heterocycles. The number of amides is 1. The fraction of sp³-hybridized carbons (Fsp3) is 0.476. The van der Waals surface area contributed by atoms with Crippen LogP contribution >= 0.6 is 0 Å². The molecule has 0 radical (unpaired) electrons. The lowest BCUT2D eigenvalue weighted by Crippen LogP contribution is -2.38. The Hall–Kier alpha value is -3.07. The van der Waals surface area contributed by atoms with Crippen LogP contribution in [-0.2, 0) is 9.53 Å².